The number of hydrogen-bond acceptors (Lipinski definition) is 7. The fraction of sp³-hybridized carbons (Fsp3) is 0.160. The zero-order valence-electron chi connectivity index (χ0n) is 19.3. The molecule has 0 aliphatic heterocycles. The van der Waals surface area contributed by atoms with Crippen molar-refractivity contribution in [1.29, 1.82) is 0 Å². The van der Waals surface area contributed by atoms with Crippen molar-refractivity contribution in [3.8, 4) is 11.3 Å². The van der Waals surface area contributed by atoms with Crippen molar-refractivity contribution in [2.24, 2.45) is 7.05 Å². The Balaban J connectivity index is 1.48. The summed E-state index contributed by atoms with van der Waals surface area (Å²) >= 11 is 12.0. The van der Waals surface area contributed by atoms with Crippen molar-refractivity contribution < 1.29 is 4.79 Å². The molecule has 4 aromatic rings. The van der Waals surface area contributed by atoms with E-state index < -0.39 is 0 Å². The Kier molecular flexibility index (Phi) is 8.14. The number of nitrogens with one attached hydrogen (secondary N) is 3. The second kappa shape index (κ2) is 11.7. The highest BCUT2D eigenvalue weighted by Gasteiger charge is 2.10. The van der Waals surface area contributed by atoms with Gasteiger partial charge in [-0.3, -0.25) is 4.79 Å². The van der Waals surface area contributed by atoms with Gasteiger partial charge in [-0.2, -0.15) is 4.98 Å². The number of amides is 1. The van der Waals surface area contributed by atoms with Gasteiger partial charge in [0.1, 0.15) is 5.82 Å². The van der Waals surface area contributed by atoms with Crippen LogP contribution in [0.25, 0.3) is 11.3 Å². The minimum Gasteiger partial charge on any atom is -0.361 e. The number of carbonyl (C=O) groups is 1. The van der Waals surface area contributed by atoms with E-state index in [1.165, 1.54) is 10.8 Å². The summed E-state index contributed by atoms with van der Waals surface area (Å²) in [5.41, 5.74) is 2.68. The van der Waals surface area contributed by atoms with Gasteiger partial charge < -0.3 is 20.5 Å². The number of carbonyl (C=O) groups excluding carboxylic acids is 1. The normalized spacial score (nSPS) is 10.6. The maximum Gasteiger partial charge on any atom is 0.347 e. The van der Waals surface area contributed by atoms with E-state index in [0.29, 0.717) is 46.2 Å². The van der Waals surface area contributed by atoms with Gasteiger partial charge >= 0.3 is 5.69 Å². The maximum atomic E-state index is 12.4. The highest BCUT2D eigenvalue weighted by Crippen LogP contribution is 2.21. The van der Waals surface area contributed by atoms with Crippen molar-refractivity contribution in [3.05, 3.63) is 98.6 Å². The van der Waals surface area contributed by atoms with Gasteiger partial charge in [0, 0.05) is 54.2 Å². The number of aryl methyl sites for hydroxylation is 1. The lowest BCUT2D eigenvalue weighted by molar-refractivity contribution is -0.119. The van der Waals surface area contributed by atoms with Crippen molar-refractivity contribution in [1.82, 2.24) is 24.8 Å². The monoisotopic (exact) mass is 523 g/mol. The summed E-state index contributed by atoms with van der Waals surface area (Å²) in [5, 5.41) is 10.3. The molecule has 2 heterocycles. The second-order valence-corrected chi connectivity index (χ2v) is 8.81. The molecule has 0 radical (unpaired) electrons. The average molecular weight is 524 g/mol. The summed E-state index contributed by atoms with van der Waals surface area (Å²) in [7, 11) is 1.61. The second-order valence-electron chi connectivity index (χ2n) is 7.94. The zero-order chi connectivity index (χ0) is 25.5. The fourth-order valence-electron chi connectivity index (χ4n) is 3.27. The first-order valence-electron chi connectivity index (χ1n) is 11.0. The number of aromatic nitrogens is 4. The number of rotatable bonds is 9. The topological polar surface area (TPSA) is 114 Å². The molecule has 2 aromatic carbocycles. The van der Waals surface area contributed by atoms with Crippen molar-refractivity contribution in [2.75, 3.05) is 17.2 Å². The Bertz CT molecular complexity index is 1420. The minimum absolute atomic E-state index is 0.00328. The molecule has 0 aliphatic carbocycles. The summed E-state index contributed by atoms with van der Waals surface area (Å²) in [4.78, 5) is 37.0. The van der Waals surface area contributed by atoms with Crippen LogP contribution in [0.2, 0.25) is 10.0 Å². The van der Waals surface area contributed by atoms with E-state index in [1.807, 2.05) is 30.3 Å². The van der Waals surface area contributed by atoms with Crippen molar-refractivity contribution >= 4 is 40.9 Å². The van der Waals surface area contributed by atoms with Gasteiger partial charge in [0.25, 0.3) is 0 Å². The third kappa shape index (κ3) is 7.03. The van der Waals surface area contributed by atoms with E-state index in [4.69, 9.17) is 23.2 Å². The Hall–Kier alpha value is -3.95. The standard InChI is InChI=1S/C25H23Cl2N7O2/c1-34-15-18(13-31-25(34)36)21-10-22(28-14-23(35)29-11-16-5-7-19(26)8-6-16)33-24(32-21)30-12-17-3-2-4-20(27)9-17/h2-10,13,15H,11-12,14H2,1H3,(H,29,35)(H2,28,30,32,33). The molecule has 0 fully saturated rings. The lowest BCUT2D eigenvalue weighted by atomic mass is 10.2. The number of benzene rings is 2. The Morgan fingerprint density at radius 1 is 0.944 bits per heavy atom. The smallest absolute Gasteiger partial charge is 0.347 e. The first kappa shape index (κ1) is 25.2. The van der Waals surface area contributed by atoms with Crippen LogP contribution in [0, 0.1) is 0 Å². The molecule has 2 aromatic heterocycles. The SMILES string of the molecule is Cn1cc(-c2cc(NCC(=O)NCc3ccc(Cl)cc3)nc(NCc3cccc(Cl)c3)n2)cnc1=O. The van der Waals surface area contributed by atoms with Crippen LogP contribution in [0.1, 0.15) is 11.1 Å². The minimum atomic E-state index is -0.372. The molecule has 9 nitrogen and oxygen atoms in total. The largest absolute Gasteiger partial charge is 0.361 e. The Morgan fingerprint density at radius 3 is 2.50 bits per heavy atom. The Labute approximate surface area is 217 Å². The first-order chi connectivity index (χ1) is 17.4. The molecular weight excluding hydrogens is 501 g/mol. The number of hydrogen-bond donors (Lipinski definition) is 3. The predicted octanol–water partition coefficient (Wildman–Crippen LogP) is 3.88. The van der Waals surface area contributed by atoms with E-state index in [1.54, 1.807) is 37.5 Å². The molecule has 0 unspecified atom stereocenters. The molecule has 36 heavy (non-hydrogen) atoms. The van der Waals surface area contributed by atoms with Crippen LogP contribution in [0.3, 0.4) is 0 Å². The van der Waals surface area contributed by atoms with Crippen LogP contribution in [-0.4, -0.2) is 32.0 Å². The summed E-state index contributed by atoms with van der Waals surface area (Å²) in [6, 6.07) is 16.4. The summed E-state index contributed by atoms with van der Waals surface area (Å²) in [6.07, 6.45) is 3.09. The summed E-state index contributed by atoms with van der Waals surface area (Å²) < 4.78 is 1.37. The predicted molar refractivity (Wildman–Crippen MR) is 141 cm³/mol. The highest BCUT2D eigenvalue weighted by molar-refractivity contribution is 6.30. The molecular formula is C25H23Cl2N7O2. The van der Waals surface area contributed by atoms with Crippen LogP contribution in [0.4, 0.5) is 11.8 Å². The molecule has 0 bridgehead atoms. The van der Waals surface area contributed by atoms with Crippen LogP contribution in [0.5, 0.6) is 0 Å². The summed E-state index contributed by atoms with van der Waals surface area (Å²) in [6.45, 7) is 0.822. The van der Waals surface area contributed by atoms with Crippen LogP contribution < -0.4 is 21.6 Å². The van der Waals surface area contributed by atoms with Crippen LogP contribution in [0.15, 0.2) is 71.8 Å². The number of anilines is 2. The lowest BCUT2D eigenvalue weighted by Crippen LogP contribution is -2.29. The molecule has 0 saturated carbocycles. The van der Waals surface area contributed by atoms with Gasteiger partial charge in [-0.25, -0.2) is 14.8 Å². The van der Waals surface area contributed by atoms with E-state index in [-0.39, 0.29) is 18.1 Å². The zero-order valence-corrected chi connectivity index (χ0v) is 20.8. The van der Waals surface area contributed by atoms with Gasteiger partial charge in [-0.1, -0.05) is 47.5 Å². The van der Waals surface area contributed by atoms with E-state index in [0.717, 1.165) is 11.1 Å². The molecule has 0 atom stereocenters. The molecule has 0 saturated heterocycles. The lowest BCUT2D eigenvalue weighted by Gasteiger charge is -2.12. The maximum absolute atomic E-state index is 12.4. The van der Waals surface area contributed by atoms with Gasteiger partial charge in [-0.05, 0) is 35.4 Å². The highest BCUT2D eigenvalue weighted by atomic mass is 35.5. The number of nitrogens with zero attached hydrogens (tertiary/aromatic N) is 4. The fourth-order valence-corrected chi connectivity index (χ4v) is 3.61. The van der Waals surface area contributed by atoms with Crippen molar-refractivity contribution in [3.63, 3.8) is 0 Å². The molecule has 184 valence electrons. The van der Waals surface area contributed by atoms with Crippen LogP contribution in [-0.2, 0) is 24.9 Å². The Morgan fingerprint density at radius 2 is 1.75 bits per heavy atom. The summed E-state index contributed by atoms with van der Waals surface area (Å²) in [5.74, 6) is 0.566. The molecule has 3 N–H and O–H groups in total. The van der Waals surface area contributed by atoms with Crippen molar-refractivity contribution in [2.45, 2.75) is 13.1 Å². The van der Waals surface area contributed by atoms with Gasteiger partial charge in [-0.15, -0.1) is 0 Å². The molecule has 11 heteroatoms. The molecule has 4 rings (SSSR count). The van der Waals surface area contributed by atoms with Gasteiger partial charge in [0.2, 0.25) is 11.9 Å². The van der Waals surface area contributed by atoms with Gasteiger partial charge in [0.05, 0.1) is 12.2 Å². The number of halogens is 2. The van der Waals surface area contributed by atoms with E-state index in [2.05, 4.69) is 30.9 Å². The third-order valence-corrected chi connectivity index (χ3v) is 5.63. The molecule has 0 aliphatic rings. The third-order valence-electron chi connectivity index (χ3n) is 5.14. The molecule has 1 amide bonds. The first-order valence-corrected chi connectivity index (χ1v) is 11.8. The van der Waals surface area contributed by atoms with E-state index in [9.17, 15) is 9.59 Å². The van der Waals surface area contributed by atoms with Gasteiger partial charge in [0.15, 0.2) is 0 Å². The molecule has 0 spiro atoms. The van der Waals surface area contributed by atoms with E-state index >= 15 is 0 Å². The quantitative estimate of drug-likeness (QED) is 0.305. The van der Waals surface area contributed by atoms with Crippen LogP contribution >= 0.6 is 23.2 Å². The average Bonchev–Trinajstić information content (AvgIpc) is 2.87.